The van der Waals surface area contributed by atoms with Gasteiger partial charge in [0.1, 0.15) is 10.8 Å². The van der Waals surface area contributed by atoms with E-state index in [4.69, 9.17) is 4.52 Å². The lowest BCUT2D eigenvalue weighted by molar-refractivity contribution is 0.398. The van der Waals surface area contributed by atoms with Gasteiger partial charge in [0.2, 0.25) is 0 Å². The fourth-order valence-electron chi connectivity index (χ4n) is 1.34. The Morgan fingerprint density at radius 2 is 2.31 bits per heavy atom. The van der Waals surface area contributed by atoms with Crippen molar-refractivity contribution in [1.29, 1.82) is 0 Å². The molecule has 6 heteroatoms. The summed E-state index contributed by atoms with van der Waals surface area (Å²) in [5, 5.41) is 17.2. The van der Waals surface area contributed by atoms with E-state index in [0.717, 1.165) is 40.8 Å². The maximum atomic E-state index is 5.00. The summed E-state index contributed by atoms with van der Waals surface area (Å²) >= 11 is 1.59. The van der Waals surface area contributed by atoms with Crippen molar-refractivity contribution in [2.75, 3.05) is 13.1 Å². The Hall–Kier alpha value is -1.27. The van der Waals surface area contributed by atoms with Crippen molar-refractivity contribution in [2.24, 2.45) is 0 Å². The Bertz CT molecular complexity index is 451. The van der Waals surface area contributed by atoms with Gasteiger partial charge in [0.15, 0.2) is 5.01 Å². The van der Waals surface area contributed by atoms with E-state index in [1.54, 1.807) is 17.5 Å². The zero-order valence-corrected chi connectivity index (χ0v) is 10.2. The molecule has 0 bridgehead atoms. The first kappa shape index (κ1) is 11.2. The van der Waals surface area contributed by atoms with E-state index < -0.39 is 0 Å². The number of rotatable bonds is 5. The largest absolute Gasteiger partial charge is 0.361 e. The monoisotopic (exact) mass is 238 g/mol. The van der Waals surface area contributed by atoms with Gasteiger partial charge >= 0.3 is 0 Å². The second-order valence-corrected chi connectivity index (χ2v) is 4.46. The van der Waals surface area contributed by atoms with Crippen molar-refractivity contribution in [1.82, 2.24) is 20.7 Å². The third-order valence-corrected chi connectivity index (χ3v) is 3.23. The number of likely N-dealkylation sites (N-methyl/N-ethyl adjacent to an activating group) is 1. The second kappa shape index (κ2) is 5.18. The van der Waals surface area contributed by atoms with Crippen LogP contribution in [0.2, 0.25) is 0 Å². The lowest BCUT2D eigenvalue weighted by Gasteiger charge is -1.95. The lowest BCUT2D eigenvalue weighted by atomic mass is 10.3. The third kappa shape index (κ3) is 2.45. The summed E-state index contributed by atoms with van der Waals surface area (Å²) in [6.45, 7) is 5.89. The number of hydrogen-bond acceptors (Lipinski definition) is 6. The van der Waals surface area contributed by atoms with E-state index in [-0.39, 0.29) is 0 Å². The summed E-state index contributed by atoms with van der Waals surface area (Å²) in [5.74, 6) is 0.786. The van der Waals surface area contributed by atoms with E-state index in [1.807, 2.05) is 6.92 Å². The lowest BCUT2D eigenvalue weighted by Crippen LogP contribution is -2.15. The zero-order chi connectivity index (χ0) is 11.4. The molecular formula is C10H14N4OS. The number of hydrogen-bond donors (Lipinski definition) is 1. The van der Waals surface area contributed by atoms with Gasteiger partial charge in [-0.3, -0.25) is 0 Å². The van der Waals surface area contributed by atoms with Crippen molar-refractivity contribution in [3.63, 3.8) is 0 Å². The van der Waals surface area contributed by atoms with Crippen molar-refractivity contribution in [3.05, 3.63) is 17.0 Å². The highest BCUT2D eigenvalue weighted by Gasteiger charge is 2.11. The normalized spacial score (nSPS) is 10.9. The Balaban J connectivity index is 2.05. The number of nitrogens with one attached hydrogen (secondary N) is 1. The topological polar surface area (TPSA) is 63.8 Å². The van der Waals surface area contributed by atoms with Crippen LogP contribution in [0.25, 0.3) is 10.6 Å². The first-order chi connectivity index (χ1) is 7.81. The average molecular weight is 238 g/mol. The van der Waals surface area contributed by atoms with Crippen LogP contribution in [-0.4, -0.2) is 28.4 Å². The number of nitrogens with zero attached hydrogens (tertiary/aromatic N) is 3. The van der Waals surface area contributed by atoms with Crippen LogP contribution >= 0.6 is 11.3 Å². The summed E-state index contributed by atoms with van der Waals surface area (Å²) < 4.78 is 5.00. The molecule has 16 heavy (non-hydrogen) atoms. The summed E-state index contributed by atoms with van der Waals surface area (Å²) in [6, 6.07) is 0. The van der Waals surface area contributed by atoms with Gasteiger partial charge in [-0.05, 0) is 13.5 Å². The van der Waals surface area contributed by atoms with E-state index in [1.165, 1.54) is 0 Å². The molecule has 2 heterocycles. The minimum absolute atomic E-state index is 0.786. The van der Waals surface area contributed by atoms with E-state index in [0.29, 0.717) is 0 Å². The SMILES string of the molecule is CCNCCc1nnc(-c2cnoc2C)s1. The molecule has 0 saturated heterocycles. The molecule has 0 atom stereocenters. The van der Waals surface area contributed by atoms with Gasteiger partial charge in [0, 0.05) is 13.0 Å². The molecule has 0 spiro atoms. The van der Waals surface area contributed by atoms with Gasteiger partial charge in [-0.2, -0.15) is 0 Å². The van der Waals surface area contributed by atoms with Crippen LogP contribution in [0.4, 0.5) is 0 Å². The summed E-state index contributed by atoms with van der Waals surface area (Å²) in [7, 11) is 0. The highest BCUT2D eigenvalue weighted by Crippen LogP contribution is 2.26. The Morgan fingerprint density at radius 1 is 1.44 bits per heavy atom. The average Bonchev–Trinajstić information content (AvgIpc) is 2.87. The molecule has 0 amide bonds. The molecule has 5 nitrogen and oxygen atoms in total. The maximum Gasteiger partial charge on any atom is 0.152 e. The number of aromatic nitrogens is 3. The van der Waals surface area contributed by atoms with Gasteiger partial charge in [-0.15, -0.1) is 10.2 Å². The standard InChI is InChI=1S/C10H14N4OS/c1-3-11-5-4-9-13-14-10(16-9)8-6-12-15-7(8)2/h6,11H,3-5H2,1-2H3. The minimum Gasteiger partial charge on any atom is -0.361 e. The van der Waals surface area contributed by atoms with Crippen LogP contribution in [0.15, 0.2) is 10.7 Å². The van der Waals surface area contributed by atoms with Crippen molar-refractivity contribution < 1.29 is 4.52 Å². The fourth-order valence-corrected chi connectivity index (χ4v) is 2.24. The number of aryl methyl sites for hydroxylation is 1. The quantitative estimate of drug-likeness (QED) is 0.802. The van der Waals surface area contributed by atoms with Crippen LogP contribution in [0.3, 0.4) is 0 Å². The molecule has 0 aliphatic carbocycles. The van der Waals surface area contributed by atoms with Crippen molar-refractivity contribution in [2.45, 2.75) is 20.3 Å². The van der Waals surface area contributed by atoms with E-state index in [9.17, 15) is 0 Å². The molecule has 0 fully saturated rings. The van der Waals surface area contributed by atoms with Crippen molar-refractivity contribution in [3.8, 4) is 10.6 Å². The smallest absolute Gasteiger partial charge is 0.152 e. The first-order valence-corrected chi connectivity index (χ1v) is 6.07. The summed E-state index contributed by atoms with van der Waals surface area (Å²) in [5.41, 5.74) is 0.937. The van der Waals surface area contributed by atoms with Gasteiger partial charge in [0.05, 0.1) is 11.8 Å². The van der Waals surface area contributed by atoms with Gasteiger partial charge in [0.25, 0.3) is 0 Å². The summed E-state index contributed by atoms with van der Waals surface area (Å²) in [6.07, 6.45) is 2.60. The first-order valence-electron chi connectivity index (χ1n) is 5.26. The van der Waals surface area contributed by atoms with E-state index >= 15 is 0 Å². The van der Waals surface area contributed by atoms with Crippen molar-refractivity contribution >= 4 is 11.3 Å². The molecular weight excluding hydrogens is 224 g/mol. The second-order valence-electron chi connectivity index (χ2n) is 3.40. The third-order valence-electron chi connectivity index (χ3n) is 2.21. The Morgan fingerprint density at radius 3 is 3.00 bits per heavy atom. The highest BCUT2D eigenvalue weighted by molar-refractivity contribution is 7.14. The molecule has 0 saturated carbocycles. The molecule has 0 aromatic carbocycles. The Labute approximate surface area is 97.9 Å². The predicted molar refractivity (Wildman–Crippen MR) is 62.4 cm³/mol. The van der Waals surface area contributed by atoms with E-state index in [2.05, 4.69) is 27.6 Å². The van der Waals surface area contributed by atoms with Crippen LogP contribution in [0.1, 0.15) is 17.7 Å². The van der Waals surface area contributed by atoms with Crippen LogP contribution < -0.4 is 5.32 Å². The molecule has 2 aromatic heterocycles. The molecule has 0 radical (unpaired) electrons. The van der Waals surface area contributed by atoms with Crippen LogP contribution in [0, 0.1) is 6.92 Å². The van der Waals surface area contributed by atoms with Gasteiger partial charge in [-0.25, -0.2) is 0 Å². The molecule has 0 unspecified atom stereocenters. The van der Waals surface area contributed by atoms with Gasteiger partial charge in [-0.1, -0.05) is 23.4 Å². The molecule has 2 rings (SSSR count). The Kier molecular flexibility index (Phi) is 3.63. The molecule has 86 valence electrons. The summed E-state index contributed by atoms with van der Waals surface area (Å²) in [4.78, 5) is 0. The van der Waals surface area contributed by atoms with Crippen LogP contribution in [-0.2, 0) is 6.42 Å². The molecule has 0 aliphatic heterocycles. The minimum atomic E-state index is 0.786. The highest BCUT2D eigenvalue weighted by atomic mass is 32.1. The van der Waals surface area contributed by atoms with Crippen LogP contribution in [0.5, 0.6) is 0 Å². The zero-order valence-electron chi connectivity index (χ0n) is 9.36. The predicted octanol–water partition coefficient (Wildman–Crippen LogP) is 1.65. The molecule has 0 aliphatic rings. The van der Waals surface area contributed by atoms with Gasteiger partial charge < -0.3 is 9.84 Å². The molecule has 1 N–H and O–H groups in total. The maximum absolute atomic E-state index is 5.00. The molecule has 2 aromatic rings. The fraction of sp³-hybridized carbons (Fsp3) is 0.500.